The average molecular weight is 426 g/mol. The van der Waals surface area contributed by atoms with Gasteiger partial charge >= 0.3 is 6.61 Å². The molecule has 1 aromatic carbocycles. The lowest BCUT2D eigenvalue weighted by Crippen LogP contribution is -2.28. The second-order valence-corrected chi connectivity index (χ2v) is 12.3. The van der Waals surface area contributed by atoms with Gasteiger partial charge in [0.2, 0.25) is 0 Å². The Hall–Kier alpha value is -0.973. The van der Waals surface area contributed by atoms with Crippen molar-refractivity contribution in [1.29, 1.82) is 0 Å². The minimum absolute atomic E-state index is 0.0202. The lowest BCUT2D eigenvalue weighted by atomic mass is 9.73. The SMILES string of the molecule is CC[Si]1CCC(C2CCC(CCCCc3ccc(OC(F)F)c(F)c3)CC2)CC1. The zero-order valence-electron chi connectivity index (χ0n) is 17.8. The largest absolute Gasteiger partial charge is 0.432 e. The minimum Gasteiger partial charge on any atom is -0.432 e. The summed E-state index contributed by atoms with van der Waals surface area (Å²) < 4.78 is 42.3. The van der Waals surface area contributed by atoms with E-state index in [9.17, 15) is 13.2 Å². The Morgan fingerprint density at radius 2 is 1.69 bits per heavy atom. The molecule has 1 radical (unpaired) electrons. The van der Waals surface area contributed by atoms with E-state index < -0.39 is 12.4 Å². The van der Waals surface area contributed by atoms with Crippen LogP contribution in [-0.4, -0.2) is 15.4 Å². The number of rotatable bonds is 9. The number of hydrogen-bond acceptors (Lipinski definition) is 1. The molecule has 0 unspecified atom stereocenters. The van der Waals surface area contributed by atoms with Gasteiger partial charge in [0, 0.05) is 8.80 Å². The minimum atomic E-state index is -2.99. The van der Waals surface area contributed by atoms with Gasteiger partial charge in [-0.05, 0) is 61.1 Å². The molecular weight excluding hydrogens is 389 g/mol. The fourth-order valence-electron chi connectivity index (χ4n) is 5.48. The van der Waals surface area contributed by atoms with E-state index in [0.717, 1.165) is 42.6 Å². The van der Waals surface area contributed by atoms with Crippen LogP contribution in [0.15, 0.2) is 18.2 Å². The molecule has 2 fully saturated rings. The van der Waals surface area contributed by atoms with Gasteiger partial charge in [0.1, 0.15) is 0 Å². The van der Waals surface area contributed by atoms with Gasteiger partial charge in [-0.2, -0.15) is 8.78 Å². The third-order valence-electron chi connectivity index (χ3n) is 7.34. The van der Waals surface area contributed by atoms with Gasteiger partial charge in [-0.15, -0.1) is 0 Å². The molecule has 29 heavy (non-hydrogen) atoms. The molecule has 0 spiro atoms. The van der Waals surface area contributed by atoms with Crippen molar-refractivity contribution in [2.24, 2.45) is 17.8 Å². The highest BCUT2D eigenvalue weighted by Crippen LogP contribution is 2.41. The normalized spacial score (nSPS) is 24.2. The maximum Gasteiger partial charge on any atom is 0.387 e. The van der Waals surface area contributed by atoms with Crippen molar-refractivity contribution >= 4 is 8.80 Å². The van der Waals surface area contributed by atoms with Crippen LogP contribution in [0.3, 0.4) is 0 Å². The van der Waals surface area contributed by atoms with Gasteiger partial charge in [-0.25, -0.2) is 4.39 Å². The Morgan fingerprint density at radius 1 is 1.00 bits per heavy atom. The number of halogens is 3. The number of benzene rings is 1. The lowest BCUT2D eigenvalue weighted by Gasteiger charge is -2.37. The molecule has 1 aromatic rings. The van der Waals surface area contributed by atoms with Crippen LogP contribution in [0.5, 0.6) is 5.75 Å². The smallest absolute Gasteiger partial charge is 0.387 e. The first kappa shape index (κ1) is 22.7. The van der Waals surface area contributed by atoms with E-state index in [0.29, 0.717) is 0 Å². The molecule has 163 valence electrons. The molecular formula is C24H36F3OSi. The topological polar surface area (TPSA) is 9.23 Å². The number of hydrogen-bond donors (Lipinski definition) is 0. The second-order valence-electron chi connectivity index (χ2n) is 9.11. The van der Waals surface area contributed by atoms with E-state index in [4.69, 9.17) is 0 Å². The van der Waals surface area contributed by atoms with Crippen LogP contribution in [0.2, 0.25) is 18.1 Å². The van der Waals surface area contributed by atoms with E-state index >= 15 is 0 Å². The van der Waals surface area contributed by atoms with E-state index in [-0.39, 0.29) is 14.5 Å². The van der Waals surface area contributed by atoms with Crippen LogP contribution in [0.4, 0.5) is 13.2 Å². The zero-order chi connectivity index (χ0) is 20.6. The maximum absolute atomic E-state index is 13.8. The Morgan fingerprint density at radius 3 is 2.31 bits per heavy atom. The first-order valence-electron chi connectivity index (χ1n) is 11.6. The lowest BCUT2D eigenvalue weighted by molar-refractivity contribution is -0.0522. The third-order valence-corrected chi connectivity index (χ3v) is 10.3. The van der Waals surface area contributed by atoms with Crippen LogP contribution in [0, 0.1) is 23.6 Å². The van der Waals surface area contributed by atoms with Crippen LogP contribution in [0.25, 0.3) is 0 Å². The summed E-state index contributed by atoms with van der Waals surface area (Å²) in [6.07, 6.45) is 12.9. The predicted molar refractivity (Wildman–Crippen MR) is 115 cm³/mol. The van der Waals surface area contributed by atoms with E-state index in [1.165, 1.54) is 63.1 Å². The molecule has 2 aliphatic rings. The van der Waals surface area contributed by atoms with Gasteiger partial charge in [0.15, 0.2) is 11.6 Å². The molecule has 1 saturated carbocycles. The van der Waals surface area contributed by atoms with Crippen molar-refractivity contribution < 1.29 is 17.9 Å². The average Bonchev–Trinajstić information content (AvgIpc) is 2.73. The second kappa shape index (κ2) is 11.4. The highest BCUT2D eigenvalue weighted by Gasteiger charge is 2.30. The van der Waals surface area contributed by atoms with Gasteiger partial charge in [0.05, 0.1) is 0 Å². The third kappa shape index (κ3) is 7.04. The summed E-state index contributed by atoms with van der Waals surface area (Å²) in [7, 11) is 0.0202. The first-order valence-corrected chi connectivity index (χ1v) is 13.7. The highest BCUT2D eigenvalue weighted by atomic mass is 28.3. The van der Waals surface area contributed by atoms with E-state index in [2.05, 4.69) is 11.7 Å². The van der Waals surface area contributed by atoms with Crippen molar-refractivity contribution in [2.75, 3.05) is 0 Å². The summed E-state index contributed by atoms with van der Waals surface area (Å²) in [6.45, 7) is -0.606. The van der Waals surface area contributed by atoms with E-state index in [1.807, 2.05) is 0 Å². The van der Waals surface area contributed by atoms with Gasteiger partial charge in [-0.3, -0.25) is 0 Å². The number of ether oxygens (including phenoxy) is 1. The summed E-state index contributed by atoms with van der Waals surface area (Å²) in [6, 6.07) is 8.92. The highest BCUT2D eigenvalue weighted by molar-refractivity contribution is 6.58. The summed E-state index contributed by atoms with van der Waals surface area (Å²) >= 11 is 0. The van der Waals surface area contributed by atoms with Crippen molar-refractivity contribution in [3.8, 4) is 5.75 Å². The predicted octanol–water partition coefficient (Wildman–Crippen LogP) is 7.87. The molecule has 0 bridgehead atoms. The monoisotopic (exact) mass is 425 g/mol. The molecule has 0 N–H and O–H groups in total. The molecule has 0 atom stereocenters. The Kier molecular flexibility index (Phi) is 8.95. The van der Waals surface area contributed by atoms with Gasteiger partial charge in [0.25, 0.3) is 0 Å². The van der Waals surface area contributed by atoms with Crippen molar-refractivity contribution in [1.82, 2.24) is 0 Å². The quantitative estimate of drug-likeness (QED) is 0.289. The fraction of sp³-hybridized carbons (Fsp3) is 0.750. The van der Waals surface area contributed by atoms with Crippen molar-refractivity contribution in [3.63, 3.8) is 0 Å². The van der Waals surface area contributed by atoms with Crippen LogP contribution in [0.1, 0.15) is 70.3 Å². The summed E-state index contributed by atoms with van der Waals surface area (Å²) in [5.74, 6) is 1.80. The molecule has 1 heterocycles. The Labute approximate surface area is 176 Å². The Bertz CT molecular complexity index is 608. The molecule has 0 aromatic heterocycles. The maximum atomic E-state index is 13.8. The molecule has 1 nitrogen and oxygen atoms in total. The Balaban J connectivity index is 1.31. The van der Waals surface area contributed by atoms with Crippen molar-refractivity contribution in [2.45, 2.75) is 95.9 Å². The fourth-order valence-corrected chi connectivity index (χ4v) is 7.99. The van der Waals surface area contributed by atoms with E-state index in [1.54, 1.807) is 18.2 Å². The molecule has 1 aliphatic heterocycles. The van der Waals surface area contributed by atoms with Crippen LogP contribution < -0.4 is 4.74 Å². The summed E-state index contributed by atoms with van der Waals surface area (Å²) in [4.78, 5) is 0. The number of unbranched alkanes of at least 4 members (excludes halogenated alkanes) is 1. The van der Waals surface area contributed by atoms with Crippen molar-refractivity contribution in [3.05, 3.63) is 29.6 Å². The number of alkyl halides is 2. The number of aryl methyl sites for hydroxylation is 1. The standard InChI is InChI=1S/C24H36F3OSi/c1-2-29-15-13-21(14-16-29)20-10-7-18(8-11-20)5-3-4-6-19-9-12-23(22(25)17-19)28-24(26)27/h9,12,17-18,20-21,24H,2-8,10-11,13-16H2,1H3. The molecule has 3 rings (SSSR count). The zero-order valence-corrected chi connectivity index (χ0v) is 18.8. The molecule has 5 heteroatoms. The molecule has 0 amide bonds. The van der Waals surface area contributed by atoms with Gasteiger partial charge in [-0.1, -0.05) is 69.6 Å². The first-order chi connectivity index (χ1) is 14.0. The van der Waals surface area contributed by atoms with Crippen LogP contribution in [-0.2, 0) is 6.42 Å². The summed E-state index contributed by atoms with van der Waals surface area (Å²) in [5, 5.41) is 0. The summed E-state index contributed by atoms with van der Waals surface area (Å²) in [5.41, 5.74) is 0.859. The van der Waals surface area contributed by atoms with Gasteiger partial charge < -0.3 is 4.74 Å². The molecule has 1 saturated heterocycles. The molecule has 1 aliphatic carbocycles. The van der Waals surface area contributed by atoms with Crippen LogP contribution >= 0.6 is 0 Å².